The molecule has 1 aromatic heterocycles. The van der Waals surface area contributed by atoms with Crippen molar-refractivity contribution in [1.29, 1.82) is 0 Å². The van der Waals surface area contributed by atoms with Crippen molar-refractivity contribution in [3.63, 3.8) is 0 Å². The first kappa shape index (κ1) is 19.5. The van der Waals surface area contributed by atoms with Gasteiger partial charge in [0.2, 0.25) is 0 Å². The summed E-state index contributed by atoms with van der Waals surface area (Å²) in [4.78, 5) is 23.2. The fourth-order valence-electron chi connectivity index (χ4n) is 2.44. The minimum absolute atomic E-state index is 0. The zero-order valence-electron chi connectivity index (χ0n) is 13.0. The van der Waals surface area contributed by atoms with Crippen molar-refractivity contribution in [2.75, 3.05) is 0 Å². The van der Waals surface area contributed by atoms with Gasteiger partial charge in [-0.2, -0.15) is 5.10 Å². The lowest BCUT2D eigenvalue weighted by Crippen LogP contribution is -2.07. The van der Waals surface area contributed by atoms with Crippen LogP contribution >= 0.6 is 23.2 Å². The molecule has 0 aliphatic carbocycles. The van der Waals surface area contributed by atoms with Gasteiger partial charge < -0.3 is 15.7 Å². The smallest absolute Gasteiger partial charge is 0.357 e. The second-order valence-electron chi connectivity index (χ2n) is 5.08. The van der Waals surface area contributed by atoms with Crippen LogP contribution in [-0.4, -0.2) is 37.4 Å². The summed E-state index contributed by atoms with van der Waals surface area (Å²) >= 11 is 11.9. The van der Waals surface area contributed by atoms with Gasteiger partial charge in [0.15, 0.2) is 5.69 Å². The lowest BCUT2D eigenvalue weighted by atomic mass is 10.1. The van der Waals surface area contributed by atoms with Crippen LogP contribution in [0.25, 0.3) is 16.9 Å². The standard InChI is InChI=1S/C17H10Cl2N2O4.H2O/c18-10-6-4-9(5-7-10)15-13(16(22)23)14(17(24)25)20-21(15)12-3-1-2-11(19)8-12;/h1-8H,(H,22,23)(H,24,25);1H2. The Labute approximate surface area is 157 Å². The highest BCUT2D eigenvalue weighted by Gasteiger charge is 2.29. The summed E-state index contributed by atoms with van der Waals surface area (Å²) in [6, 6.07) is 12.9. The van der Waals surface area contributed by atoms with Crippen LogP contribution in [-0.2, 0) is 0 Å². The predicted octanol–water partition coefficient (Wildman–Crippen LogP) is 3.42. The van der Waals surface area contributed by atoms with E-state index in [0.29, 0.717) is 21.3 Å². The molecule has 7 nitrogen and oxygen atoms in total. The molecule has 0 fully saturated rings. The first-order chi connectivity index (χ1) is 11.9. The SMILES string of the molecule is O.O=C(O)c1nn(-c2cccc(Cl)c2)c(-c2ccc(Cl)cc2)c1C(=O)O. The fraction of sp³-hybridized carbons (Fsp3) is 0. The quantitative estimate of drug-likeness (QED) is 0.701. The van der Waals surface area contributed by atoms with Crippen LogP contribution < -0.4 is 0 Å². The first-order valence-corrected chi connectivity index (χ1v) is 7.75. The van der Waals surface area contributed by atoms with Crippen LogP contribution in [0, 0.1) is 0 Å². The number of hydrogen-bond donors (Lipinski definition) is 2. The topological polar surface area (TPSA) is 124 Å². The number of carbonyl (C=O) groups is 2. The number of rotatable bonds is 4. The normalized spacial score (nSPS) is 10.2. The molecule has 3 aromatic rings. The highest BCUT2D eigenvalue weighted by Crippen LogP contribution is 2.31. The van der Waals surface area contributed by atoms with E-state index in [1.165, 1.54) is 4.68 Å². The molecule has 9 heteroatoms. The van der Waals surface area contributed by atoms with E-state index < -0.39 is 23.2 Å². The maximum absolute atomic E-state index is 11.7. The summed E-state index contributed by atoms with van der Waals surface area (Å²) in [6.07, 6.45) is 0. The molecule has 1 heterocycles. The van der Waals surface area contributed by atoms with Crippen molar-refractivity contribution in [1.82, 2.24) is 9.78 Å². The lowest BCUT2D eigenvalue weighted by molar-refractivity contribution is 0.0648. The number of carboxylic acid groups (broad SMARTS) is 2. The molecule has 2 aromatic carbocycles. The van der Waals surface area contributed by atoms with Gasteiger partial charge in [-0.25, -0.2) is 14.3 Å². The predicted molar refractivity (Wildman–Crippen MR) is 96.6 cm³/mol. The fourth-order valence-corrected chi connectivity index (χ4v) is 2.75. The van der Waals surface area contributed by atoms with Crippen molar-refractivity contribution >= 4 is 35.1 Å². The summed E-state index contributed by atoms with van der Waals surface area (Å²) in [7, 11) is 0. The van der Waals surface area contributed by atoms with Crippen LogP contribution in [0.4, 0.5) is 0 Å². The summed E-state index contributed by atoms with van der Waals surface area (Å²) in [5, 5.41) is 23.8. The Morgan fingerprint density at radius 1 is 0.923 bits per heavy atom. The third kappa shape index (κ3) is 3.55. The maximum Gasteiger partial charge on any atom is 0.357 e. The second kappa shape index (κ2) is 7.57. The van der Waals surface area contributed by atoms with Crippen LogP contribution in [0.5, 0.6) is 0 Å². The van der Waals surface area contributed by atoms with Gasteiger partial charge in [0.05, 0.1) is 11.4 Å². The molecule has 26 heavy (non-hydrogen) atoms. The number of aromatic carboxylic acids is 2. The molecule has 3 rings (SSSR count). The molecule has 0 saturated heterocycles. The van der Waals surface area contributed by atoms with E-state index in [0.717, 1.165) is 0 Å². The summed E-state index contributed by atoms with van der Waals surface area (Å²) < 4.78 is 1.25. The molecule has 0 saturated carbocycles. The molecule has 4 N–H and O–H groups in total. The van der Waals surface area contributed by atoms with Crippen molar-refractivity contribution in [3.8, 4) is 16.9 Å². The van der Waals surface area contributed by atoms with Crippen LogP contribution in [0.3, 0.4) is 0 Å². The molecule has 0 radical (unpaired) electrons. The van der Waals surface area contributed by atoms with E-state index in [4.69, 9.17) is 23.2 Å². The molecule has 0 aliphatic heterocycles. The van der Waals surface area contributed by atoms with E-state index in [2.05, 4.69) is 5.10 Å². The molecular weight excluding hydrogens is 383 g/mol. The summed E-state index contributed by atoms with van der Waals surface area (Å²) in [5.41, 5.74) is 0.0604. The monoisotopic (exact) mass is 394 g/mol. The number of hydrogen-bond acceptors (Lipinski definition) is 3. The largest absolute Gasteiger partial charge is 0.478 e. The van der Waals surface area contributed by atoms with Gasteiger partial charge in [0.1, 0.15) is 5.56 Å². The Hall–Kier alpha value is -2.87. The van der Waals surface area contributed by atoms with Gasteiger partial charge in [-0.3, -0.25) is 0 Å². The summed E-state index contributed by atoms with van der Waals surface area (Å²) in [6.45, 7) is 0. The van der Waals surface area contributed by atoms with Crippen molar-refractivity contribution in [2.45, 2.75) is 0 Å². The highest BCUT2D eigenvalue weighted by molar-refractivity contribution is 6.31. The lowest BCUT2D eigenvalue weighted by Gasteiger charge is -2.09. The van der Waals surface area contributed by atoms with Crippen LogP contribution in [0.1, 0.15) is 20.8 Å². The van der Waals surface area contributed by atoms with Gasteiger partial charge in [-0.15, -0.1) is 0 Å². The zero-order chi connectivity index (χ0) is 18.1. The molecule has 0 bridgehead atoms. The highest BCUT2D eigenvalue weighted by atomic mass is 35.5. The third-order valence-electron chi connectivity index (χ3n) is 3.47. The first-order valence-electron chi connectivity index (χ1n) is 7.00. The Morgan fingerprint density at radius 2 is 1.58 bits per heavy atom. The molecule has 134 valence electrons. The van der Waals surface area contributed by atoms with Gasteiger partial charge in [-0.1, -0.05) is 41.4 Å². The molecular formula is C17H12Cl2N2O5. The van der Waals surface area contributed by atoms with Crippen LogP contribution in [0.15, 0.2) is 48.5 Å². The average molecular weight is 395 g/mol. The molecule has 0 spiro atoms. The maximum atomic E-state index is 11.7. The molecule has 0 amide bonds. The molecule has 0 unspecified atom stereocenters. The van der Waals surface area contributed by atoms with E-state index in [1.807, 2.05) is 0 Å². The van der Waals surface area contributed by atoms with E-state index in [9.17, 15) is 19.8 Å². The molecule has 0 atom stereocenters. The van der Waals surface area contributed by atoms with Crippen LogP contribution in [0.2, 0.25) is 10.0 Å². The molecule has 0 aliphatic rings. The Bertz CT molecular complexity index is 983. The number of benzene rings is 2. The van der Waals surface area contributed by atoms with Gasteiger partial charge in [0.25, 0.3) is 0 Å². The average Bonchev–Trinajstić information content (AvgIpc) is 2.96. The Morgan fingerprint density at radius 3 is 2.12 bits per heavy atom. The number of halogens is 2. The Kier molecular flexibility index (Phi) is 5.66. The minimum Gasteiger partial charge on any atom is -0.478 e. The van der Waals surface area contributed by atoms with Gasteiger partial charge >= 0.3 is 11.9 Å². The van der Waals surface area contributed by atoms with Gasteiger partial charge in [0, 0.05) is 15.6 Å². The van der Waals surface area contributed by atoms with E-state index in [1.54, 1.807) is 48.5 Å². The van der Waals surface area contributed by atoms with Crippen molar-refractivity contribution in [2.24, 2.45) is 0 Å². The summed E-state index contributed by atoms with van der Waals surface area (Å²) in [5.74, 6) is -2.83. The minimum atomic E-state index is -1.44. The van der Waals surface area contributed by atoms with E-state index >= 15 is 0 Å². The van der Waals surface area contributed by atoms with Crippen molar-refractivity contribution < 1.29 is 25.3 Å². The third-order valence-corrected chi connectivity index (χ3v) is 3.96. The Balaban J connectivity index is 0.00000243. The zero-order valence-corrected chi connectivity index (χ0v) is 14.5. The van der Waals surface area contributed by atoms with Crippen molar-refractivity contribution in [3.05, 3.63) is 69.8 Å². The number of nitrogens with zero attached hydrogens (tertiary/aromatic N) is 2. The van der Waals surface area contributed by atoms with E-state index in [-0.39, 0.29) is 11.2 Å². The second-order valence-corrected chi connectivity index (χ2v) is 5.95. The number of aromatic nitrogens is 2. The number of carboxylic acids is 2. The van der Waals surface area contributed by atoms with Gasteiger partial charge in [-0.05, 0) is 30.3 Å².